The van der Waals surface area contributed by atoms with Gasteiger partial charge in [0, 0.05) is 13.0 Å². The fourth-order valence-corrected chi connectivity index (χ4v) is 2.19. The lowest BCUT2D eigenvalue weighted by atomic mass is 10.1. The van der Waals surface area contributed by atoms with Crippen molar-refractivity contribution < 1.29 is 14.3 Å². The van der Waals surface area contributed by atoms with Gasteiger partial charge in [-0.25, -0.2) is 5.84 Å². The molecule has 1 atom stereocenters. The summed E-state index contributed by atoms with van der Waals surface area (Å²) in [6.45, 7) is 2.73. The number of para-hydroxylation sites is 2. The number of anilines is 1. The lowest BCUT2D eigenvalue weighted by Gasteiger charge is -2.19. The highest BCUT2D eigenvalue weighted by Gasteiger charge is 2.35. The summed E-state index contributed by atoms with van der Waals surface area (Å²) in [6.07, 6.45) is 0.170. The zero-order valence-electron chi connectivity index (χ0n) is 10.8. The van der Waals surface area contributed by atoms with Gasteiger partial charge in [-0.2, -0.15) is 0 Å². The highest BCUT2D eigenvalue weighted by Crippen LogP contribution is 2.32. The highest BCUT2D eigenvalue weighted by molar-refractivity contribution is 6.01. The van der Waals surface area contributed by atoms with E-state index < -0.39 is 5.92 Å². The van der Waals surface area contributed by atoms with Crippen molar-refractivity contribution in [2.24, 2.45) is 11.8 Å². The van der Waals surface area contributed by atoms with E-state index in [4.69, 9.17) is 10.6 Å². The third-order valence-corrected chi connectivity index (χ3v) is 3.09. The van der Waals surface area contributed by atoms with E-state index in [0.717, 1.165) is 0 Å². The smallest absolute Gasteiger partial charge is 0.239 e. The monoisotopic (exact) mass is 263 g/mol. The lowest BCUT2D eigenvalue weighted by Crippen LogP contribution is -2.37. The SMILES string of the molecule is CCOc1ccccc1N1CC(C(=O)NN)CC1=O. The van der Waals surface area contributed by atoms with Gasteiger partial charge >= 0.3 is 0 Å². The maximum absolute atomic E-state index is 12.0. The van der Waals surface area contributed by atoms with Gasteiger partial charge in [0.15, 0.2) is 0 Å². The number of nitrogens with one attached hydrogen (secondary N) is 1. The molecule has 102 valence electrons. The largest absolute Gasteiger partial charge is 0.492 e. The predicted octanol–water partition coefficient (Wildman–Crippen LogP) is 0.428. The zero-order valence-corrected chi connectivity index (χ0v) is 10.8. The Kier molecular flexibility index (Phi) is 4.01. The molecule has 2 rings (SSSR count). The molecule has 0 radical (unpaired) electrons. The van der Waals surface area contributed by atoms with Crippen LogP contribution in [0.3, 0.4) is 0 Å². The zero-order chi connectivity index (χ0) is 13.8. The molecule has 1 aliphatic heterocycles. The normalized spacial score (nSPS) is 18.5. The molecule has 6 nitrogen and oxygen atoms in total. The van der Waals surface area contributed by atoms with Gasteiger partial charge in [-0.15, -0.1) is 0 Å². The van der Waals surface area contributed by atoms with E-state index >= 15 is 0 Å². The molecule has 0 aliphatic carbocycles. The molecule has 1 heterocycles. The van der Waals surface area contributed by atoms with Crippen LogP contribution in [0.2, 0.25) is 0 Å². The summed E-state index contributed by atoms with van der Waals surface area (Å²) in [5.41, 5.74) is 2.79. The summed E-state index contributed by atoms with van der Waals surface area (Å²) in [5.74, 6) is 4.93. The van der Waals surface area contributed by atoms with Crippen LogP contribution in [0.1, 0.15) is 13.3 Å². The molecular weight excluding hydrogens is 246 g/mol. The Hall–Kier alpha value is -2.08. The second-order valence-corrected chi connectivity index (χ2v) is 4.31. The average molecular weight is 263 g/mol. The van der Waals surface area contributed by atoms with Gasteiger partial charge in [0.25, 0.3) is 0 Å². The Morgan fingerprint density at radius 1 is 1.53 bits per heavy atom. The van der Waals surface area contributed by atoms with E-state index in [-0.39, 0.29) is 18.2 Å². The van der Waals surface area contributed by atoms with Crippen LogP contribution in [0.5, 0.6) is 5.75 Å². The number of carbonyl (C=O) groups is 2. The van der Waals surface area contributed by atoms with E-state index in [1.165, 1.54) is 0 Å². The molecule has 1 aromatic rings. The first-order valence-corrected chi connectivity index (χ1v) is 6.20. The van der Waals surface area contributed by atoms with Gasteiger partial charge in [0.05, 0.1) is 18.2 Å². The molecule has 1 saturated heterocycles. The maximum atomic E-state index is 12.0. The number of hydrogen-bond acceptors (Lipinski definition) is 4. The van der Waals surface area contributed by atoms with Crippen LogP contribution in [-0.4, -0.2) is 25.0 Å². The van der Waals surface area contributed by atoms with E-state index in [0.29, 0.717) is 24.6 Å². The summed E-state index contributed by atoms with van der Waals surface area (Å²) in [6, 6.07) is 7.30. The van der Waals surface area contributed by atoms with Crippen LogP contribution in [0.25, 0.3) is 0 Å². The van der Waals surface area contributed by atoms with Crippen LogP contribution in [0.4, 0.5) is 5.69 Å². The van der Waals surface area contributed by atoms with Gasteiger partial charge in [-0.1, -0.05) is 12.1 Å². The molecule has 19 heavy (non-hydrogen) atoms. The molecule has 1 unspecified atom stereocenters. The molecule has 0 aromatic heterocycles. The Labute approximate surface area is 111 Å². The molecule has 0 spiro atoms. The van der Waals surface area contributed by atoms with Gasteiger partial charge in [0.2, 0.25) is 11.8 Å². The molecule has 3 N–H and O–H groups in total. The quantitative estimate of drug-likeness (QED) is 0.468. The molecular formula is C13H17N3O3. The first kappa shape index (κ1) is 13.4. The average Bonchev–Trinajstić information content (AvgIpc) is 2.81. The number of hydrogen-bond donors (Lipinski definition) is 2. The number of hydrazine groups is 1. The second kappa shape index (κ2) is 5.71. The van der Waals surface area contributed by atoms with Crippen LogP contribution in [0, 0.1) is 5.92 Å². The number of carbonyl (C=O) groups excluding carboxylic acids is 2. The summed E-state index contributed by atoms with van der Waals surface area (Å²) < 4.78 is 5.50. The molecule has 6 heteroatoms. The third kappa shape index (κ3) is 2.68. The second-order valence-electron chi connectivity index (χ2n) is 4.31. The topological polar surface area (TPSA) is 84.7 Å². The molecule has 0 saturated carbocycles. The van der Waals surface area contributed by atoms with Crippen molar-refractivity contribution in [3.63, 3.8) is 0 Å². The first-order chi connectivity index (χ1) is 9.17. The first-order valence-electron chi connectivity index (χ1n) is 6.20. The molecule has 0 bridgehead atoms. The van der Waals surface area contributed by atoms with Crippen LogP contribution >= 0.6 is 0 Å². The maximum Gasteiger partial charge on any atom is 0.239 e. The van der Waals surface area contributed by atoms with Crippen molar-refractivity contribution >= 4 is 17.5 Å². The Bertz CT molecular complexity index is 490. The van der Waals surface area contributed by atoms with Crippen LogP contribution in [0.15, 0.2) is 24.3 Å². The molecule has 1 aromatic carbocycles. The fourth-order valence-electron chi connectivity index (χ4n) is 2.19. The number of benzene rings is 1. The number of amides is 2. The Balaban J connectivity index is 2.23. The number of nitrogens with two attached hydrogens (primary N) is 1. The molecule has 2 amide bonds. The van der Waals surface area contributed by atoms with E-state index in [1.807, 2.05) is 31.2 Å². The predicted molar refractivity (Wildman–Crippen MR) is 70.4 cm³/mol. The lowest BCUT2D eigenvalue weighted by molar-refractivity contribution is -0.126. The van der Waals surface area contributed by atoms with Gasteiger partial charge < -0.3 is 9.64 Å². The van der Waals surface area contributed by atoms with Gasteiger partial charge in [0.1, 0.15) is 5.75 Å². The minimum Gasteiger partial charge on any atom is -0.492 e. The van der Waals surface area contributed by atoms with Crippen molar-refractivity contribution in [3.05, 3.63) is 24.3 Å². The molecule has 1 aliphatic rings. The van der Waals surface area contributed by atoms with Crippen molar-refractivity contribution in [2.45, 2.75) is 13.3 Å². The van der Waals surface area contributed by atoms with E-state index in [1.54, 1.807) is 4.90 Å². The van der Waals surface area contributed by atoms with Crippen molar-refractivity contribution in [1.82, 2.24) is 5.43 Å². The van der Waals surface area contributed by atoms with Crippen LogP contribution < -0.4 is 20.9 Å². The number of nitrogens with zero attached hydrogens (tertiary/aromatic N) is 1. The summed E-state index contributed by atoms with van der Waals surface area (Å²) >= 11 is 0. The number of ether oxygens (including phenoxy) is 1. The van der Waals surface area contributed by atoms with Crippen molar-refractivity contribution in [3.8, 4) is 5.75 Å². The summed E-state index contributed by atoms with van der Waals surface area (Å²) in [4.78, 5) is 25.1. The fraction of sp³-hybridized carbons (Fsp3) is 0.385. The van der Waals surface area contributed by atoms with Gasteiger partial charge in [-0.05, 0) is 19.1 Å². The minimum absolute atomic E-state index is 0.0965. The van der Waals surface area contributed by atoms with E-state index in [2.05, 4.69) is 5.43 Å². The van der Waals surface area contributed by atoms with Crippen LogP contribution in [-0.2, 0) is 9.59 Å². The summed E-state index contributed by atoms with van der Waals surface area (Å²) in [5, 5.41) is 0. The standard InChI is InChI=1S/C13H17N3O3/c1-2-19-11-6-4-3-5-10(11)16-8-9(7-12(16)17)13(18)15-14/h3-6,9H,2,7-8,14H2,1H3,(H,15,18). The Morgan fingerprint density at radius 3 is 2.95 bits per heavy atom. The van der Waals surface area contributed by atoms with Crippen molar-refractivity contribution in [2.75, 3.05) is 18.1 Å². The van der Waals surface area contributed by atoms with Crippen molar-refractivity contribution in [1.29, 1.82) is 0 Å². The number of rotatable bonds is 4. The summed E-state index contributed by atoms with van der Waals surface area (Å²) in [7, 11) is 0. The minimum atomic E-state index is -0.410. The van der Waals surface area contributed by atoms with E-state index in [9.17, 15) is 9.59 Å². The Morgan fingerprint density at radius 2 is 2.26 bits per heavy atom. The van der Waals surface area contributed by atoms with Gasteiger partial charge in [-0.3, -0.25) is 15.0 Å². The third-order valence-electron chi connectivity index (χ3n) is 3.09. The molecule has 1 fully saturated rings. The highest BCUT2D eigenvalue weighted by atomic mass is 16.5.